The summed E-state index contributed by atoms with van der Waals surface area (Å²) < 4.78 is 37.1. The zero-order chi connectivity index (χ0) is 15.8. The van der Waals surface area contributed by atoms with E-state index in [1.807, 2.05) is 11.9 Å². The number of carbonyl (C=O) groups excluding carboxylic acids is 1. The normalized spacial score (nSPS) is 15.7. The number of hydrogen-bond donors (Lipinski definition) is 1. The van der Waals surface area contributed by atoms with Crippen LogP contribution in [0.1, 0.15) is 21.6 Å². The number of aromatic nitrogens is 1. The summed E-state index contributed by atoms with van der Waals surface area (Å²) in [7, 11) is 3.03. The van der Waals surface area contributed by atoms with Crippen LogP contribution < -0.4 is 5.73 Å². The van der Waals surface area contributed by atoms with Crippen molar-refractivity contribution in [2.75, 3.05) is 32.9 Å². The van der Waals surface area contributed by atoms with Crippen molar-refractivity contribution in [3.63, 3.8) is 0 Å². The molecule has 8 heteroatoms. The average Bonchev–Trinajstić information content (AvgIpc) is 2.35. The highest BCUT2D eigenvalue weighted by atomic mass is 19.4. The minimum Gasteiger partial charge on any atom is -0.383 e. The summed E-state index contributed by atoms with van der Waals surface area (Å²) >= 11 is 0. The number of alkyl halides is 3. The first-order chi connectivity index (χ1) is 9.67. The largest absolute Gasteiger partial charge is 0.406 e. The number of anilines is 1. The van der Waals surface area contributed by atoms with E-state index in [2.05, 4.69) is 4.98 Å². The molecule has 2 N–H and O–H groups in total. The predicted molar refractivity (Wildman–Crippen MR) is 71.7 cm³/mol. The smallest absolute Gasteiger partial charge is 0.383 e. The summed E-state index contributed by atoms with van der Waals surface area (Å²) in [4.78, 5) is 18.9. The molecule has 1 aliphatic heterocycles. The Morgan fingerprint density at radius 3 is 2.81 bits per heavy atom. The van der Waals surface area contributed by atoms with Gasteiger partial charge in [0.2, 0.25) is 0 Å². The van der Waals surface area contributed by atoms with Gasteiger partial charge < -0.3 is 15.5 Å². The summed E-state index contributed by atoms with van der Waals surface area (Å²) in [6.07, 6.45) is -3.73. The van der Waals surface area contributed by atoms with Gasteiger partial charge in [0.15, 0.2) is 0 Å². The molecule has 0 aliphatic carbocycles. The number of rotatable bonds is 2. The second-order valence-corrected chi connectivity index (χ2v) is 5.29. The quantitative estimate of drug-likeness (QED) is 0.894. The van der Waals surface area contributed by atoms with Gasteiger partial charge in [-0.15, -0.1) is 0 Å². The number of pyridine rings is 1. The van der Waals surface area contributed by atoms with Crippen molar-refractivity contribution in [2.45, 2.75) is 19.1 Å². The molecule has 1 aromatic rings. The minimum atomic E-state index is -4.44. The first-order valence-electron chi connectivity index (χ1n) is 6.46. The summed E-state index contributed by atoms with van der Waals surface area (Å²) in [5.74, 6) is -0.786. The Labute approximate surface area is 120 Å². The molecule has 0 spiro atoms. The number of nitrogens with two attached hydrogens (primary N) is 1. The van der Waals surface area contributed by atoms with Crippen LogP contribution >= 0.6 is 0 Å². The zero-order valence-corrected chi connectivity index (χ0v) is 11.9. The van der Waals surface area contributed by atoms with E-state index >= 15 is 0 Å². The monoisotopic (exact) mass is 302 g/mol. The van der Waals surface area contributed by atoms with Crippen molar-refractivity contribution in [1.82, 2.24) is 14.8 Å². The highest BCUT2D eigenvalue weighted by Gasteiger charge is 2.32. The summed E-state index contributed by atoms with van der Waals surface area (Å²) in [6.45, 7) is 0.120. The molecule has 2 rings (SSSR count). The van der Waals surface area contributed by atoms with Gasteiger partial charge in [-0.25, -0.2) is 4.98 Å². The van der Waals surface area contributed by atoms with Crippen LogP contribution in [-0.2, 0) is 13.0 Å². The maximum absolute atomic E-state index is 12.4. The van der Waals surface area contributed by atoms with Gasteiger partial charge in [0.05, 0.1) is 5.56 Å². The molecular formula is C13H17F3N4O. The molecule has 5 nitrogen and oxygen atoms in total. The predicted octanol–water partition coefficient (Wildman–Crippen LogP) is 1.29. The molecule has 0 bridgehead atoms. The van der Waals surface area contributed by atoms with Crippen molar-refractivity contribution in [3.05, 3.63) is 22.9 Å². The average molecular weight is 302 g/mol. The van der Waals surface area contributed by atoms with E-state index in [0.717, 1.165) is 24.8 Å². The first kappa shape index (κ1) is 15.6. The molecule has 1 amide bonds. The highest BCUT2D eigenvalue weighted by molar-refractivity contribution is 5.98. The zero-order valence-electron chi connectivity index (χ0n) is 11.9. The summed E-state index contributed by atoms with van der Waals surface area (Å²) in [6, 6.07) is 1.56. The molecule has 0 atom stereocenters. The van der Waals surface area contributed by atoms with Crippen LogP contribution in [0.3, 0.4) is 0 Å². The molecule has 1 aromatic heterocycles. The van der Waals surface area contributed by atoms with Crippen LogP contribution in [0.5, 0.6) is 0 Å². The Bertz CT molecular complexity index is 559. The van der Waals surface area contributed by atoms with E-state index in [-0.39, 0.29) is 11.4 Å². The van der Waals surface area contributed by atoms with E-state index in [4.69, 9.17) is 5.73 Å². The molecule has 21 heavy (non-hydrogen) atoms. The number of carbonyl (C=O) groups is 1. The fourth-order valence-corrected chi connectivity index (χ4v) is 2.35. The first-order valence-corrected chi connectivity index (χ1v) is 6.46. The lowest BCUT2D eigenvalue weighted by molar-refractivity contribution is -0.138. The Morgan fingerprint density at radius 2 is 2.19 bits per heavy atom. The van der Waals surface area contributed by atoms with Crippen molar-refractivity contribution >= 4 is 11.7 Å². The molecule has 0 saturated heterocycles. The minimum absolute atomic E-state index is 0.0164. The SMILES string of the molecule is CN1CCc2nc(N)c(C(=O)N(C)CC(F)(F)F)cc2C1. The number of fused-ring (bicyclic) bond motifs is 1. The van der Waals surface area contributed by atoms with Gasteiger partial charge in [-0.3, -0.25) is 4.79 Å². The van der Waals surface area contributed by atoms with E-state index in [0.29, 0.717) is 17.9 Å². The number of nitrogen functional groups attached to an aromatic ring is 1. The molecule has 1 aliphatic rings. The van der Waals surface area contributed by atoms with Crippen LogP contribution in [0.15, 0.2) is 6.07 Å². The Balaban J connectivity index is 2.27. The molecule has 2 heterocycles. The highest BCUT2D eigenvalue weighted by Crippen LogP contribution is 2.23. The van der Waals surface area contributed by atoms with Crippen LogP contribution in [0.2, 0.25) is 0 Å². The number of nitrogens with zero attached hydrogens (tertiary/aromatic N) is 3. The third-order valence-electron chi connectivity index (χ3n) is 3.38. The van der Waals surface area contributed by atoms with Crippen molar-refractivity contribution in [1.29, 1.82) is 0 Å². The maximum Gasteiger partial charge on any atom is 0.406 e. The molecule has 0 unspecified atom stereocenters. The fraction of sp³-hybridized carbons (Fsp3) is 0.538. The van der Waals surface area contributed by atoms with E-state index in [1.54, 1.807) is 6.07 Å². The van der Waals surface area contributed by atoms with Crippen LogP contribution in [0.4, 0.5) is 19.0 Å². The Hall–Kier alpha value is -1.83. The number of hydrogen-bond acceptors (Lipinski definition) is 4. The summed E-state index contributed by atoms with van der Waals surface area (Å²) in [5, 5.41) is 0. The molecule has 0 radical (unpaired) electrons. The molecular weight excluding hydrogens is 285 g/mol. The number of likely N-dealkylation sites (N-methyl/N-ethyl adjacent to an activating group) is 1. The van der Waals surface area contributed by atoms with E-state index in [9.17, 15) is 18.0 Å². The van der Waals surface area contributed by atoms with Crippen LogP contribution in [0, 0.1) is 0 Å². The standard InChI is InChI=1S/C13H17F3N4O/c1-19-4-3-10-8(6-19)5-9(11(17)18-10)12(21)20(2)7-13(14,15)16/h5H,3-4,6-7H2,1-2H3,(H2,17,18). The van der Waals surface area contributed by atoms with Gasteiger partial charge in [-0.1, -0.05) is 0 Å². The van der Waals surface area contributed by atoms with Crippen LogP contribution in [0.25, 0.3) is 0 Å². The maximum atomic E-state index is 12.4. The van der Waals surface area contributed by atoms with Crippen LogP contribution in [-0.4, -0.2) is 54.1 Å². The van der Waals surface area contributed by atoms with E-state index in [1.165, 1.54) is 0 Å². The van der Waals surface area contributed by atoms with Gasteiger partial charge >= 0.3 is 6.18 Å². The number of halogens is 3. The molecule has 0 fully saturated rings. The summed E-state index contributed by atoms with van der Waals surface area (Å²) in [5.41, 5.74) is 7.39. The lowest BCUT2D eigenvalue weighted by Crippen LogP contribution is -2.36. The molecule has 0 aromatic carbocycles. The van der Waals surface area contributed by atoms with E-state index < -0.39 is 18.6 Å². The Kier molecular flexibility index (Phi) is 4.08. The third kappa shape index (κ3) is 3.63. The van der Waals surface area contributed by atoms with Gasteiger partial charge in [-0.05, 0) is 18.7 Å². The second-order valence-electron chi connectivity index (χ2n) is 5.29. The lowest BCUT2D eigenvalue weighted by atomic mass is 10.0. The number of amides is 1. The topological polar surface area (TPSA) is 62.5 Å². The molecule has 0 saturated carbocycles. The lowest BCUT2D eigenvalue weighted by Gasteiger charge is -2.26. The third-order valence-corrected chi connectivity index (χ3v) is 3.38. The van der Waals surface area contributed by atoms with Gasteiger partial charge in [0, 0.05) is 32.3 Å². The Morgan fingerprint density at radius 1 is 1.52 bits per heavy atom. The van der Waals surface area contributed by atoms with Crippen molar-refractivity contribution in [3.8, 4) is 0 Å². The van der Waals surface area contributed by atoms with Gasteiger partial charge in [0.25, 0.3) is 5.91 Å². The van der Waals surface area contributed by atoms with Crippen molar-refractivity contribution in [2.24, 2.45) is 0 Å². The second kappa shape index (κ2) is 5.51. The van der Waals surface area contributed by atoms with Gasteiger partial charge in [-0.2, -0.15) is 13.2 Å². The molecule has 116 valence electrons. The van der Waals surface area contributed by atoms with Crippen molar-refractivity contribution < 1.29 is 18.0 Å². The fourth-order valence-electron chi connectivity index (χ4n) is 2.35. The van der Waals surface area contributed by atoms with Gasteiger partial charge in [0.1, 0.15) is 12.4 Å².